The van der Waals surface area contributed by atoms with Crippen LogP contribution in [0.4, 0.5) is 5.69 Å². The van der Waals surface area contributed by atoms with Gasteiger partial charge in [0.1, 0.15) is 0 Å². The summed E-state index contributed by atoms with van der Waals surface area (Å²) in [5.74, 6) is -0.114. The molecule has 3 rings (SSSR count). The molecule has 0 aliphatic carbocycles. The normalized spacial score (nSPS) is 11.3. The Kier molecular flexibility index (Phi) is 5.69. The highest BCUT2D eigenvalue weighted by molar-refractivity contribution is 7.89. The number of primary sulfonamides is 1. The van der Waals surface area contributed by atoms with Gasteiger partial charge in [0.05, 0.1) is 15.6 Å². The molecule has 0 atom stereocenters. The average Bonchev–Trinajstić information content (AvgIpc) is 3.06. The number of hydrogen-bond donors (Lipinski definition) is 2. The zero-order valence-electron chi connectivity index (χ0n) is 14.7. The van der Waals surface area contributed by atoms with Crippen LogP contribution < -0.4 is 10.5 Å². The fraction of sp³-hybridized carbons (Fsp3) is 0.158. The van der Waals surface area contributed by atoms with Gasteiger partial charge in [-0.25, -0.2) is 18.5 Å². The first-order valence-corrected chi connectivity index (χ1v) is 10.7. The van der Waals surface area contributed by atoms with E-state index in [9.17, 15) is 13.2 Å². The Balaban J connectivity index is 1.60. The molecule has 3 aromatic rings. The largest absolute Gasteiger partial charge is 0.326 e. The Morgan fingerprint density at radius 3 is 2.56 bits per heavy atom. The summed E-state index contributed by atoms with van der Waals surface area (Å²) >= 11 is 1.58. The predicted molar refractivity (Wildman–Crippen MR) is 107 cm³/mol. The molecule has 27 heavy (non-hydrogen) atoms. The maximum atomic E-state index is 12.2. The van der Waals surface area contributed by atoms with Crippen LogP contribution in [-0.2, 0) is 21.2 Å². The van der Waals surface area contributed by atoms with Crippen LogP contribution in [0, 0.1) is 6.92 Å². The van der Waals surface area contributed by atoms with Gasteiger partial charge >= 0.3 is 0 Å². The number of aromatic nitrogens is 1. The molecule has 0 aliphatic heterocycles. The number of thiazole rings is 1. The number of carbonyl (C=O) groups excluding carboxylic acids is 1. The molecular formula is C19H19N3O3S2. The van der Waals surface area contributed by atoms with Crippen molar-refractivity contribution >= 4 is 33.0 Å². The minimum Gasteiger partial charge on any atom is -0.326 e. The number of benzene rings is 2. The first-order chi connectivity index (χ1) is 12.8. The van der Waals surface area contributed by atoms with E-state index in [0.717, 1.165) is 21.8 Å². The highest BCUT2D eigenvalue weighted by atomic mass is 32.2. The smallest absolute Gasteiger partial charge is 0.238 e. The fourth-order valence-corrected chi connectivity index (χ4v) is 3.72. The summed E-state index contributed by atoms with van der Waals surface area (Å²) in [7, 11) is -3.70. The highest BCUT2D eigenvalue weighted by Crippen LogP contribution is 2.24. The second-order valence-corrected chi connectivity index (χ2v) is 8.69. The minimum absolute atomic E-state index is 0.0600. The average molecular weight is 402 g/mol. The third kappa shape index (κ3) is 5.22. The van der Waals surface area contributed by atoms with E-state index in [1.54, 1.807) is 23.5 Å². The van der Waals surface area contributed by atoms with Crippen LogP contribution in [0.5, 0.6) is 0 Å². The topological polar surface area (TPSA) is 102 Å². The Morgan fingerprint density at radius 1 is 1.19 bits per heavy atom. The predicted octanol–water partition coefficient (Wildman–Crippen LogP) is 3.34. The fourth-order valence-electron chi connectivity index (χ4n) is 2.58. The van der Waals surface area contributed by atoms with Gasteiger partial charge in [0, 0.05) is 23.1 Å². The third-order valence-electron chi connectivity index (χ3n) is 3.95. The lowest BCUT2D eigenvalue weighted by molar-refractivity contribution is -0.116. The monoisotopic (exact) mass is 401 g/mol. The summed E-state index contributed by atoms with van der Waals surface area (Å²) in [4.78, 5) is 16.7. The van der Waals surface area contributed by atoms with Crippen LogP contribution in [0.25, 0.3) is 11.3 Å². The molecule has 6 nitrogen and oxygen atoms in total. The summed E-state index contributed by atoms with van der Waals surface area (Å²) in [5, 5.41) is 10.9. The number of anilines is 1. The quantitative estimate of drug-likeness (QED) is 0.661. The lowest BCUT2D eigenvalue weighted by Gasteiger charge is -2.07. The van der Waals surface area contributed by atoms with Crippen molar-refractivity contribution in [3.63, 3.8) is 0 Å². The molecule has 8 heteroatoms. The van der Waals surface area contributed by atoms with Crippen molar-refractivity contribution in [3.8, 4) is 11.3 Å². The Labute approximate surface area is 162 Å². The summed E-state index contributed by atoms with van der Waals surface area (Å²) < 4.78 is 22.5. The Hall–Kier alpha value is -2.55. The second kappa shape index (κ2) is 7.99. The van der Waals surface area contributed by atoms with Gasteiger partial charge in [-0.05, 0) is 43.2 Å². The van der Waals surface area contributed by atoms with Crippen LogP contribution in [0.15, 0.2) is 58.8 Å². The number of nitrogens with zero attached hydrogens (tertiary/aromatic N) is 1. The van der Waals surface area contributed by atoms with E-state index in [2.05, 4.69) is 10.3 Å². The number of nitrogens with one attached hydrogen (secondary N) is 1. The van der Waals surface area contributed by atoms with Crippen molar-refractivity contribution in [1.82, 2.24) is 4.98 Å². The van der Waals surface area contributed by atoms with Crippen molar-refractivity contribution in [3.05, 3.63) is 64.5 Å². The van der Waals surface area contributed by atoms with Gasteiger partial charge in [-0.15, -0.1) is 11.3 Å². The molecule has 2 aromatic carbocycles. The lowest BCUT2D eigenvalue weighted by Crippen LogP contribution is -2.13. The Morgan fingerprint density at radius 2 is 1.93 bits per heavy atom. The minimum atomic E-state index is -3.70. The van der Waals surface area contributed by atoms with Gasteiger partial charge in [0.25, 0.3) is 0 Å². The van der Waals surface area contributed by atoms with Crippen molar-refractivity contribution in [2.24, 2.45) is 5.14 Å². The number of amides is 1. The summed E-state index contributed by atoms with van der Waals surface area (Å²) in [6, 6.07) is 13.8. The van der Waals surface area contributed by atoms with Crippen LogP contribution in [0.2, 0.25) is 0 Å². The van der Waals surface area contributed by atoms with Gasteiger partial charge in [-0.2, -0.15) is 0 Å². The molecule has 1 heterocycles. The van der Waals surface area contributed by atoms with Crippen LogP contribution >= 0.6 is 11.3 Å². The molecule has 1 amide bonds. The molecule has 0 fully saturated rings. The molecule has 0 spiro atoms. The van der Waals surface area contributed by atoms with E-state index in [0.29, 0.717) is 12.1 Å². The molecule has 140 valence electrons. The number of nitrogens with two attached hydrogens (primary N) is 1. The molecule has 0 aliphatic rings. The first kappa shape index (κ1) is 19.2. The molecule has 3 N–H and O–H groups in total. The lowest BCUT2D eigenvalue weighted by atomic mass is 10.1. The van der Waals surface area contributed by atoms with E-state index in [-0.39, 0.29) is 17.2 Å². The number of carbonyl (C=O) groups is 1. The van der Waals surface area contributed by atoms with Crippen LogP contribution in [0.3, 0.4) is 0 Å². The van der Waals surface area contributed by atoms with Crippen molar-refractivity contribution in [1.29, 1.82) is 0 Å². The SMILES string of the molecule is Cc1nc(-c2cccc(NC(=O)CCc3ccc(S(N)(=O)=O)cc3)c2)cs1. The third-order valence-corrected chi connectivity index (χ3v) is 5.66. The van der Waals surface area contributed by atoms with Gasteiger partial charge in [-0.1, -0.05) is 24.3 Å². The van der Waals surface area contributed by atoms with Gasteiger partial charge in [0.2, 0.25) is 15.9 Å². The number of sulfonamides is 1. The highest BCUT2D eigenvalue weighted by Gasteiger charge is 2.09. The summed E-state index contributed by atoms with van der Waals surface area (Å²) in [6.07, 6.45) is 0.788. The van der Waals surface area contributed by atoms with Crippen molar-refractivity contribution in [2.45, 2.75) is 24.7 Å². The standard InChI is InChI=1S/C19H19N3O3S2/c1-13-21-18(12-26-13)15-3-2-4-16(11-15)22-19(23)10-7-14-5-8-17(9-6-14)27(20,24)25/h2-6,8-9,11-12H,7,10H2,1H3,(H,22,23)(H2,20,24,25). The maximum absolute atomic E-state index is 12.2. The molecule has 0 bridgehead atoms. The van der Waals surface area contributed by atoms with E-state index >= 15 is 0 Å². The Bertz CT molecular complexity index is 1060. The summed E-state index contributed by atoms with van der Waals surface area (Å²) in [5.41, 5.74) is 3.43. The maximum Gasteiger partial charge on any atom is 0.238 e. The van der Waals surface area contributed by atoms with Gasteiger partial charge in [-0.3, -0.25) is 4.79 Å². The van der Waals surface area contributed by atoms with E-state index in [1.807, 2.05) is 36.6 Å². The zero-order valence-corrected chi connectivity index (χ0v) is 16.3. The molecule has 0 saturated heterocycles. The van der Waals surface area contributed by atoms with Gasteiger partial charge < -0.3 is 5.32 Å². The van der Waals surface area contributed by atoms with Crippen molar-refractivity contribution in [2.75, 3.05) is 5.32 Å². The summed E-state index contributed by atoms with van der Waals surface area (Å²) in [6.45, 7) is 1.95. The molecule has 1 aromatic heterocycles. The molecule has 0 unspecified atom stereocenters. The zero-order chi connectivity index (χ0) is 19.4. The molecule has 0 saturated carbocycles. The van der Waals surface area contributed by atoms with Crippen LogP contribution in [-0.4, -0.2) is 19.3 Å². The van der Waals surface area contributed by atoms with Gasteiger partial charge in [0.15, 0.2) is 0 Å². The number of rotatable bonds is 6. The number of aryl methyl sites for hydroxylation is 2. The van der Waals surface area contributed by atoms with E-state index in [1.165, 1.54) is 12.1 Å². The molecular weight excluding hydrogens is 382 g/mol. The van der Waals surface area contributed by atoms with E-state index in [4.69, 9.17) is 5.14 Å². The second-order valence-electron chi connectivity index (χ2n) is 6.07. The van der Waals surface area contributed by atoms with Crippen molar-refractivity contribution < 1.29 is 13.2 Å². The van der Waals surface area contributed by atoms with Crippen LogP contribution in [0.1, 0.15) is 17.0 Å². The number of hydrogen-bond acceptors (Lipinski definition) is 5. The first-order valence-electron chi connectivity index (χ1n) is 8.25. The van der Waals surface area contributed by atoms with E-state index < -0.39 is 10.0 Å². The molecule has 0 radical (unpaired) electrons.